The molecule has 156 valence electrons. The van der Waals surface area contributed by atoms with E-state index in [4.69, 9.17) is 25.8 Å². The van der Waals surface area contributed by atoms with Gasteiger partial charge in [0.05, 0.1) is 16.8 Å². The predicted molar refractivity (Wildman–Crippen MR) is 121 cm³/mol. The van der Waals surface area contributed by atoms with Crippen LogP contribution in [0.5, 0.6) is 0 Å². The van der Waals surface area contributed by atoms with E-state index in [-0.39, 0.29) is 12.5 Å². The molecule has 3 aromatic carbocycles. The molecule has 5 rings (SSSR count). The normalized spacial score (nSPS) is 10.9. The van der Waals surface area contributed by atoms with E-state index in [1.165, 1.54) is 0 Å². The molecular weight excluding hydrogens is 426 g/mol. The zero-order chi connectivity index (χ0) is 21.9. The molecule has 0 saturated carbocycles. The van der Waals surface area contributed by atoms with Gasteiger partial charge in [-0.15, -0.1) is 0 Å². The van der Waals surface area contributed by atoms with E-state index in [0.29, 0.717) is 38.6 Å². The first kappa shape index (κ1) is 19.9. The van der Waals surface area contributed by atoms with Crippen molar-refractivity contribution in [3.05, 3.63) is 101 Å². The van der Waals surface area contributed by atoms with Gasteiger partial charge in [-0.3, -0.25) is 0 Å². The van der Waals surface area contributed by atoms with Crippen LogP contribution < -0.4 is 0 Å². The topological polar surface area (TPSA) is 78.1 Å². The smallest absolute Gasteiger partial charge is 0.339 e. The molecule has 2 aromatic heterocycles. The maximum absolute atomic E-state index is 13.0. The highest BCUT2D eigenvalue weighted by atomic mass is 35.5. The number of hydrogen-bond acceptors (Lipinski definition) is 6. The quantitative estimate of drug-likeness (QED) is 0.313. The summed E-state index contributed by atoms with van der Waals surface area (Å²) in [7, 11) is 0. The Morgan fingerprint density at radius 2 is 1.66 bits per heavy atom. The minimum Gasteiger partial charge on any atom is -0.452 e. The molecule has 0 aliphatic heterocycles. The minimum absolute atomic E-state index is 0.149. The molecule has 7 heteroatoms. The highest BCUT2D eigenvalue weighted by Crippen LogP contribution is 2.26. The van der Waals surface area contributed by atoms with Crippen molar-refractivity contribution in [3.8, 4) is 22.6 Å². The molecule has 0 spiro atoms. The number of rotatable bonds is 5. The Morgan fingerprint density at radius 1 is 0.875 bits per heavy atom. The molecule has 0 amide bonds. The van der Waals surface area contributed by atoms with Gasteiger partial charge in [0.15, 0.2) is 6.61 Å². The molecular formula is C25H16ClN3O3. The molecule has 0 N–H and O–H groups in total. The van der Waals surface area contributed by atoms with Crippen molar-refractivity contribution < 1.29 is 14.1 Å². The lowest BCUT2D eigenvalue weighted by Gasteiger charge is -2.09. The van der Waals surface area contributed by atoms with E-state index >= 15 is 0 Å². The fourth-order valence-corrected chi connectivity index (χ4v) is 3.55. The Morgan fingerprint density at radius 3 is 2.50 bits per heavy atom. The summed E-state index contributed by atoms with van der Waals surface area (Å²) in [6.07, 6.45) is 0. The highest BCUT2D eigenvalue weighted by Gasteiger charge is 2.17. The largest absolute Gasteiger partial charge is 0.452 e. The summed E-state index contributed by atoms with van der Waals surface area (Å²) in [5.74, 6) is 0.0672. The zero-order valence-corrected chi connectivity index (χ0v) is 17.5. The average Bonchev–Trinajstić information content (AvgIpc) is 3.31. The average molecular weight is 442 g/mol. The summed E-state index contributed by atoms with van der Waals surface area (Å²) in [4.78, 5) is 22.0. The Balaban J connectivity index is 1.41. The molecule has 0 saturated heterocycles. The summed E-state index contributed by atoms with van der Waals surface area (Å²) >= 11 is 6.02. The lowest BCUT2D eigenvalue weighted by atomic mass is 10.0. The van der Waals surface area contributed by atoms with Crippen LogP contribution in [0.3, 0.4) is 0 Å². The number of nitrogens with zero attached hydrogens (tertiary/aromatic N) is 3. The predicted octanol–water partition coefficient (Wildman–Crippen LogP) is 5.96. The lowest BCUT2D eigenvalue weighted by Crippen LogP contribution is -2.07. The summed E-state index contributed by atoms with van der Waals surface area (Å²) in [5, 5.41) is 5.21. The molecule has 0 atom stereocenters. The SMILES string of the molecule is O=C(OCc1nc(-c2cccc(Cl)c2)no1)c1cc(-c2ccccc2)nc2ccccc12. The third kappa shape index (κ3) is 4.08. The van der Waals surface area contributed by atoms with Crippen molar-refractivity contribution in [1.29, 1.82) is 0 Å². The molecule has 0 aliphatic carbocycles. The number of hydrogen-bond donors (Lipinski definition) is 0. The molecule has 5 aromatic rings. The van der Waals surface area contributed by atoms with E-state index in [2.05, 4.69) is 10.1 Å². The number of ether oxygens (including phenoxy) is 1. The second-order valence-electron chi connectivity index (χ2n) is 7.04. The number of carbonyl (C=O) groups is 1. The summed E-state index contributed by atoms with van der Waals surface area (Å²) in [6, 6.07) is 26.0. The summed E-state index contributed by atoms with van der Waals surface area (Å²) in [5.41, 5.74) is 3.45. The number of aromatic nitrogens is 3. The van der Waals surface area contributed by atoms with E-state index in [1.54, 1.807) is 24.3 Å². The van der Waals surface area contributed by atoms with Crippen molar-refractivity contribution in [2.24, 2.45) is 0 Å². The van der Waals surface area contributed by atoms with Crippen molar-refractivity contribution in [1.82, 2.24) is 15.1 Å². The maximum atomic E-state index is 13.0. The fraction of sp³-hybridized carbons (Fsp3) is 0.0400. The minimum atomic E-state index is -0.497. The number of para-hydroxylation sites is 1. The molecule has 0 bridgehead atoms. The van der Waals surface area contributed by atoms with E-state index in [0.717, 1.165) is 5.56 Å². The summed E-state index contributed by atoms with van der Waals surface area (Å²) in [6.45, 7) is -0.149. The maximum Gasteiger partial charge on any atom is 0.339 e. The van der Waals surface area contributed by atoms with E-state index < -0.39 is 5.97 Å². The van der Waals surface area contributed by atoms with E-state index in [1.807, 2.05) is 60.7 Å². The zero-order valence-electron chi connectivity index (χ0n) is 16.7. The second kappa shape index (κ2) is 8.61. The van der Waals surface area contributed by atoms with Crippen molar-refractivity contribution in [2.75, 3.05) is 0 Å². The first-order valence-electron chi connectivity index (χ1n) is 9.88. The molecule has 6 nitrogen and oxygen atoms in total. The van der Waals surface area contributed by atoms with Crippen LogP contribution in [-0.2, 0) is 11.3 Å². The Hall–Kier alpha value is -4.03. The molecule has 2 heterocycles. The number of carbonyl (C=O) groups excluding carboxylic acids is 1. The van der Waals surface area contributed by atoms with Gasteiger partial charge in [-0.05, 0) is 24.3 Å². The fourth-order valence-electron chi connectivity index (χ4n) is 3.36. The number of esters is 1. The standard InChI is InChI=1S/C25H16ClN3O3/c26-18-10-6-9-17(13-18)24-28-23(32-29-24)15-31-25(30)20-14-22(16-7-2-1-3-8-16)27-21-12-5-4-11-19(20)21/h1-14H,15H2. The van der Waals surface area contributed by atoms with Crippen LogP contribution in [0, 0.1) is 0 Å². The van der Waals surface area contributed by atoms with Crippen molar-refractivity contribution >= 4 is 28.5 Å². The van der Waals surface area contributed by atoms with Crippen LogP contribution in [0.2, 0.25) is 5.02 Å². The third-order valence-electron chi connectivity index (χ3n) is 4.88. The Bertz CT molecular complexity index is 1420. The van der Waals surface area contributed by atoms with Gasteiger partial charge >= 0.3 is 5.97 Å². The third-order valence-corrected chi connectivity index (χ3v) is 5.12. The van der Waals surface area contributed by atoms with Crippen LogP contribution in [0.15, 0.2) is 89.5 Å². The molecule has 0 unspecified atom stereocenters. The van der Waals surface area contributed by atoms with Crippen molar-refractivity contribution in [3.63, 3.8) is 0 Å². The van der Waals surface area contributed by atoms with Gasteiger partial charge < -0.3 is 9.26 Å². The highest BCUT2D eigenvalue weighted by molar-refractivity contribution is 6.30. The number of pyridine rings is 1. The lowest BCUT2D eigenvalue weighted by molar-refractivity contribution is 0.0432. The first-order chi connectivity index (χ1) is 15.7. The molecule has 32 heavy (non-hydrogen) atoms. The van der Waals surface area contributed by atoms with Gasteiger partial charge in [-0.25, -0.2) is 9.78 Å². The van der Waals surface area contributed by atoms with Gasteiger partial charge in [0, 0.05) is 21.5 Å². The number of fused-ring (bicyclic) bond motifs is 1. The van der Waals surface area contributed by atoms with E-state index in [9.17, 15) is 4.79 Å². The van der Waals surface area contributed by atoms with Gasteiger partial charge in [-0.1, -0.05) is 77.4 Å². The molecule has 0 fully saturated rings. The Kier molecular flexibility index (Phi) is 5.35. The number of halogens is 1. The van der Waals surface area contributed by atoms with Gasteiger partial charge in [0.1, 0.15) is 0 Å². The molecule has 0 radical (unpaired) electrons. The van der Waals surface area contributed by atoms with Crippen LogP contribution in [0.4, 0.5) is 0 Å². The van der Waals surface area contributed by atoms with Gasteiger partial charge in [0.25, 0.3) is 5.89 Å². The number of benzene rings is 3. The van der Waals surface area contributed by atoms with Crippen LogP contribution in [-0.4, -0.2) is 21.1 Å². The van der Waals surface area contributed by atoms with Crippen molar-refractivity contribution in [2.45, 2.75) is 6.61 Å². The second-order valence-corrected chi connectivity index (χ2v) is 7.47. The first-order valence-corrected chi connectivity index (χ1v) is 10.3. The molecule has 0 aliphatic rings. The monoisotopic (exact) mass is 441 g/mol. The van der Waals surface area contributed by atoms with Gasteiger partial charge in [-0.2, -0.15) is 4.98 Å². The van der Waals surface area contributed by atoms with Gasteiger partial charge in [0.2, 0.25) is 5.82 Å². The van der Waals surface area contributed by atoms with Crippen LogP contribution >= 0.6 is 11.6 Å². The Labute approximate surface area is 188 Å². The van der Waals surface area contributed by atoms with Crippen LogP contribution in [0.1, 0.15) is 16.2 Å². The van der Waals surface area contributed by atoms with Crippen LogP contribution in [0.25, 0.3) is 33.5 Å². The summed E-state index contributed by atoms with van der Waals surface area (Å²) < 4.78 is 10.7.